The first-order chi connectivity index (χ1) is 41.2. The van der Waals surface area contributed by atoms with Gasteiger partial charge in [0.15, 0.2) is 12.2 Å². The molecule has 0 heterocycles. The van der Waals surface area contributed by atoms with Crippen molar-refractivity contribution in [2.24, 2.45) is 0 Å². The Labute approximate surface area is 517 Å². The molecular formula is C66H128O17P2. The number of aliphatic hydroxyl groups excluding tert-OH is 1. The zero-order valence-corrected chi connectivity index (χ0v) is 56.4. The van der Waals surface area contributed by atoms with Crippen LogP contribution in [0.25, 0.3) is 0 Å². The van der Waals surface area contributed by atoms with Gasteiger partial charge in [-0.05, 0) is 25.7 Å². The number of hydrogen-bond acceptors (Lipinski definition) is 15. The van der Waals surface area contributed by atoms with E-state index in [0.29, 0.717) is 25.7 Å². The minimum atomic E-state index is -4.94. The van der Waals surface area contributed by atoms with Crippen molar-refractivity contribution in [3.8, 4) is 0 Å². The Bertz CT molecular complexity index is 1640. The summed E-state index contributed by atoms with van der Waals surface area (Å²) >= 11 is 0. The van der Waals surface area contributed by atoms with Crippen LogP contribution < -0.4 is 0 Å². The summed E-state index contributed by atoms with van der Waals surface area (Å²) in [6.45, 7) is 4.84. The van der Waals surface area contributed by atoms with Crippen molar-refractivity contribution >= 4 is 39.5 Å². The van der Waals surface area contributed by atoms with E-state index in [2.05, 4.69) is 27.7 Å². The van der Waals surface area contributed by atoms with Crippen molar-refractivity contribution < 1.29 is 80.2 Å². The number of esters is 4. The van der Waals surface area contributed by atoms with Crippen molar-refractivity contribution in [1.82, 2.24) is 0 Å². The maximum Gasteiger partial charge on any atom is 0.472 e. The van der Waals surface area contributed by atoms with Crippen LogP contribution in [0.4, 0.5) is 0 Å². The van der Waals surface area contributed by atoms with Crippen LogP contribution in [0.2, 0.25) is 0 Å². The minimum absolute atomic E-state index is 0.105. The summed E-state index contributed by atoms with van der Waals surface area (Å²) in [6, 6.07) is 0. The maximum absolute atomic E-state index is 13.0. The molecular weight excluding hydrogens is 1130 g/mol. The van der Waals surface area contributed by atoms with Gasteiger partial charge in [0.2, 0.25) is 0 Å². The van der Waals surface area contributed by atoms with Gasteiger partial charge in [0.05, 0.1) is 26.4 Å². The van der Waals surface area contributed by atoms with E-state index < -0.39 is 97.5 Å². The quantitative estimate of drug-likeness (QED) is 0.0222. The molecule has 0 spiro atoms. The fourth-order valence-electron chi connectivity index (χ4n) is 9.99. The minimum Gasteiger partial charge on any atom is -0.462 e. The van der Waals surface area contributed by atoms with E-state index >= 15 is 0 Å². The van der Waals surface area contributed by atoms with E-state index in [9.17, 15) is 43.2 Å². The third-order valence-electron chi connectivity index (χ3n) is 15.4. The number of phosphoric ester groups is 2. The van der Waals surface area contributed by atoms with Crippen LogP contribution in [0.5, 0.6) is 0 Å². The summed E-state index contributed by atoms with van der Waals surface area (Å²) in [7, 11) is -9.88. The first-order valence-electron chi connectivity index (χ1n) is 34.8. The van der Waals surface area contributed by atoms with Crippen LogP contribution in [-0.2, 0) is 65.4 Å². The van der Waals surface area contributed by atoms with Gasteiger partial charge in [0.1, 0.15) is 19.3 Å². The van der Waals surface area contributed by atoms with Gasteiger partial charge in [0, 0.05) is 25.7 Å². The summed E-state index contributed by atoms with van der Waals surface area (Å²) in [5.74, 6) is -2.14. The summed E-state index contributed by atoms with van der Waals surface area (Å²) < 4.78 is 67.9. The SMILES string of the molecule is CCCCCCCCCCCCCCCCCCCCCC(=O)O[C@H](COC(=O)CCCCCCCCCCCCC)COP(=O)(O)OC[C@@H](O)COP(=O)(O)OC[C@@H](COC(=O)CCCCCCCCC)OC(=O)CCCCCCCCCC. The molecule has 19 heteroatoms. The van der Waals surface area contributed by atoms with Gasteiger partial charge in [-0.3, -0.25) is 37.3 Å². The molecule has 0 aromatic carbocycles. The molecule has 85 heavy (non-hydrogen) atoms. The largest absolute Gasteiger partial charge is 0.472 e. The van der Waals surface area contributed by atoms with Crippen LogP contribution in [0, 0.1) is 0 Å². The van der Waals surface area contributed by atoms with Crippen LogP contribution in [0.15, 0.2) is 0 Å². The van der Waals surface area contributed by atoms with Crippen molar-refractivity contribution in [3.63, 3.8) is 0 Å². The van der Waals surface area contributed by atoms with E-state index in [1.807, 2.05) is 0 Å². The van der Waals surface area contributed by atoms with E-state index in [1.54, 1.807) is 0 Å². The molecule has 5 atom stereocenters. The smallest absolute Gasteiger partial charge is 0.462 e. The van der Waals surface area contributed by atoms with Crippen LogP contribution >= 0.6 is 15.6 Å². The highest BCUT2D eigenvalue weighted by atomic mass is 31.2. The lowest BCUT2D eigenvalue weighted by Gasteiger charge is -2.21. The first-order valence-corrected chi connectivity index (χ1v) is 37.8. The third kappa shape index (κ3) is 60.7. The number of carbonyl (C=O) groups is 4. The van der Waals surface area contributed by atoms with Gasteiger partial charge in [-0.15, -0.1) is 0 Å². The van der Waals surface area contributed by atoms with Gasteiger partial charge in [-0.25, -0.2) is 9.13 Å². The molecule has 0 aromatic rings. The lowest BCUT2D eigenvalue weighted by Crippen LogP contribution is -2.30. The fourth-order valence-corrected chi connectivity index (χ4v) is 11.6. The highest BCUT2D eigenvalue weighted by Crippen LogP contribution is 2.45. The van der Waals surface area contributed by atoms with Gasteiger partial charge in [-0.2, -0.15) is 0 Å². The van der Waals surface area contributed by atoms with E-state index in [4.69, 9.17) is 37.0 Å². The molecule has 0 rings (SSSR count). The molecule has 0 aliphatic heterocycles. The van der Waals surface area contributed by atoms with Gasteiger partial charge in [0.25, 0.3) is 0 Å². The molecule has 0 saturated heterocycles. The Morgan fingerprint density at radius 3 is 0.694 bits per heavy atom. The van der Waals surface area contributed by atoms with Crippen molar-refractivity contribution in [2.45, 2.75) is 361 Å². The average Bonchev–Trinajstić information content (AvgIpc) is 3.56. The summed E-state index contributed by atoms with van der Waals surface area (Å²) in [6.07, 6.45) is 47.4. The fraction of sp³-hybridized carbons (Fsp3) is 0.939. The van der Waals surface area contributed by atoms with E-state index in [0.717, 1.165) is 109 Å². The summed E-state index contributed by atoms with van der Waals surface area (Å²) in [5, 5.41) is 10.5. The number of ether oxygens (including phenoxy) is 4. The summed E-state index contributed by atoms with van der Waals surface area (Å²) in [5.41, 5.74) is 0. The molecule has 0 aliphatic rings. The van der Waals surface area contributed by atoms with Crippen molar-refractivity contribution in [3.05, 3.63) is 0 Å². The standard InChI is InChI=1S/C66H128O17P2/c1-5-9-13-17-21-24-26-27-28-29-30-31-32-33-35-37-41-45-49-53-66(71)83-62(57-77-64(69)51-47-43-40-36-34-25-22-18-14-10-6-2)59-81-85(74,75)79-55-60(67)54-78-84(72,73)80-58-61(56-76-63(68)50-46-42-38-20-16-12-8-4)82-65(70)52-48-44-39-23-19-15-11-7-3/h60-62,67H,5-59H2,1-4H3,(H,72,73)(H,74,75)/t60-,61+,62+/m0/s1. The molecule has 0 aliphatic carbocycles. The second-order valence-electron chi connectivity index (χ2n) is 23.9. The molecule has 504 valence electrons. The molecule has 17 nitrogen and oxygen atoms in total. The normalized spacial score (nSPS) is 14.1. The molecule has 3 N–H and O–H groups in total. The zero-order chi connectivity index (χ0) is 62.6. The van der Waals surface area contributed by atoms with Crippen molar-refractivity contribution in [2.75, 3.05) is 39.6 Å². The molecule has 0 saturated carbocycles. The summed E-state index contributed by atoms with van der Waals surface area (Å²) in [4.78, 5) is 72.1. The van der Waals surface area contributed by atoms with Gasteiger partial charge < -0.3 is 33.8 Å². The lowest BCUT2D eigenvalue weighted by molar-refractivity contribution is -0.161. The Hall–Kier alpha value is -1.94. The molecule has 0 bridgehead atoms. The topological polar surface area (TPSA) is 237 Å². The highest BCUT2D eigenvalue weighted by molar-refractivity contribution is 7.47. The Kier molecular flexibility index (Phi) is 59.6. The Balaban J connectivity index is 5.13. The van der Waals surface area contributed by atoms with Crippen LogP contribution in [0.1, 0.15) is 342 Å². The molecule has 2 unspecified atom stereocenters. The average molecular weight is 1260 g/mol. The van der Waals surface area contributed by atoms with Gasteiger partial charge >= 0.3 is 39.5 Å². The Morgan fingerprint density at radius 1 is 0.282 bits per heavy atom. The first kappa shape index (κ1) is 83.1. The number of rotatable bonds is 67. The van der Waals surface area contributed by atoms with Gasteiger partial charge in [-0.1, -0.05) is 291 Å². The zero-order valence-electron chi connectivity index (χ0n) is 54.6. The second kappa shape index (κ2) is 60.9. The molecule has 0 radical (unpaired) electrons. The number of aliphatic hydroxyl groups is 1. The third-order valence-corrected chi connectivity index (χ3v) is 17.3. The van der Waals surface area contributed by atoms with E-state index in [1.165, 1.54) is 154 Å². The van der Waals surface area contributed by atoms with Crippen molar-refractivity contribution in [1.29, 1.82) is 0 Å². The Morgan fingerprint density at radius 2 is 0.471 bits per heavy atom. The number of carbonyl (C=O) groups excluding carboxylic acids is 4. The predicted molar refractivity (Wildman–Crippen MR) is 340 cm³/mol. The second-order valence-corrected chi connectivity index (χ2v) is 26.8. The monoisotopic (exact) mass is 1250 g/mol. The number of hydrogen-bond donors (Lipinski definition) is 3. The predicted octanol–water partition coefficient (Wildman–Crippen LogP) is 18.7. The van der Waals surface area contributed by atoms with Crippen LogP contribution in [0.3, 0.4) is 0 Å². The maximum atomic E-state index is 13.0. The van der Waals surface area contributed by atoms with E-state index in [-0.39, 0.29) is 25.7 Å². The highest BCUT2D eigenvalue weighted by Gasteiger charge is 2.30. The number of unbranched alkanes of at least 4 members (excludes halogenated alkanes) is 41. The van der Waals surface area contributed by atoms with Crippen LogP contribution in [-0.4, -0.2) is 96.7 Å². The lowest BCUT2D eigenvalue weighted by atomic mass is 10.0. The molecule has 0 amide bonds. The molecule has 0 aromatic heterocycles. The number of phosphoric acid groups is 2. The molecule has 0 fully saturated rings.